The lowest BCUT2D eigenvalue weighted by Gasteiger charge is -2.13. The number of hydrogen-bond acceptors (Lipinski definition) is 7. The monoisotopic (exact) mass is 527 g/mol. The second-order valence-corrected chi connectivity index (χ2v) is 8.15. The zero-order chi connectivity index (χ0) is 26.7. The maximum atomic E-state index is 14.8. The van der Waals surface area contributed by atoms with E-state index in [9.17, 15) is 23.5 Å². The van der Waals surface area contributed by atoms with Crippen molar-refractivity contribution < 1.29 is 28.2 Å². The zero-order valence-corrected chi connectivity index (χ0v) is 20.1. The summed E-state index contributed by atoms with van der Waals surface area (Å²) in [5.74, 6) is -2.89. The third-order valence-electron chi connectivity index (χ3n) is 5.30. The average molecular weight is 528 g/mol. The van der Waals surface area contributed by atoms with E-state index in [0.29, 0.717) is 0 Å². The minimum absolute atomic E-state index is 0.0243. The number of benzene rings is 2. The molecule has 0 amide bonds. The molecule has 37 heavy (non-hydrogen) atoms. The lowest BCUT2D eigenvalue weighted by atomic mass is 10.0. The summed E-state index contributed by atoms with van der Waals surface area (Å²) in [6, 6.07) is 10.1. The number of nitrogens with zero attached hydrogens (tertiary/aromatic N) is 2. The predicted molar refractivity (Wildman–Crippen MR) is 133 cm³/mol. The molecule has 0 spiro atoms. The van der Waals surface area contributed by atoms with E-state index in [4.69, 9.17) is 26.8 Å². The van der Waals surface area contributed by atoms with Gasteiger partial charge in [-0.2, -0.15) is 0 Å². The third kappa shape index (κ3) is 5.39. The fraction of sp³-hybridized carbons (Fsp3) is 0.115. The van der Waals surface area contributed by atoms with Crippen LogP contribution in [0.2, 0.25) is 5.02 Å². The van der Waals surface area contributed by atoms with Crippen molar-refractivity contribution in [2.45, 2.75) is 13.3 Å². The normalized spacial score (nSPS) is 10.8. The topological polar surface area (TPSA) is 117 Å². The average Bonchev–Trinajstić information content (AvgIpc) is 2.85. The molecule has 0 fully saturated rings. The van der Waals surface area contributed by atoms with Gasteiger partial charge in [-0.3, -0.25) is 14.2 Å². The van der Waals surface area contributed by atoms with Gasteiger partial charge in [-0.15, -0.1) is 0 Å². The Balaban J connectivity index is 1.64. The Hall–Kier alpha value is -4.44. The summed E-state index contributed by atoms with van der Waals surface area (Å²) in [4.78, 5) is 30.3. The summed E-state index contributed by atoms with van der Waals surface area (Å²) in [7, 11) is 0. The van der Waals surface area contributed by atoms with Crippen molar-refractivity contribution in [3.63, 3.8) is 0 Å². The standard InChI is InChI=1S/C26H20ClF2N3O5/c1-2-36-21-8-10-32(15-4-5-16(28)18(33)13-15)26(35)23(21)19(34)12-14-3-6-20(17(29)11-14)37-22-7-9-31-25(30)24(22)27/h3-11,13,33H,2,12H2,1H3,(H2,30,31). The molecule has 8 nitrogen and oxygen atoms in total. The number of pyridine rings is 2. The fourth-order valence-corrected chi connectivity index (χ4v) is 3.71. The van der Waals surface area contributed by atoms with Crippen molar-refractivity contribution in [3.8, 4) is 28.7 Å². The lowest BCUT2D eigenvalue weighted by molar-refractivity contribution is 0.0987. The van der Waals surface area contributed by atoms with Gasteiger partial charge in [0.25, 0.3) is 5.56 Å². The molecule has 0 saturated carbocycles. The Labute approximate surface area is 214 Å². The van der Waals surface area contributed by atoms with E-state index in [-0.39, 0.29) is 57.9 Å². The van der Waals surface area contributed by atoms with Gasteiger partial charge in [-0.25, -0.2) is 13.8 Å². The molecule has 4 aromatic rings. The highest BCUT2D eigenvalue weighted by molar-refractivity contribution is 6.34. The molecule has 11 heteroatoms. The number of phenols is 1. The summed E-state index contributed by atoms with van der Waals surface area (Å²) in [5, 5.41) is 9.72. The quantitative estimate of drug-likeness (QED) is 0.307. The molecule has 3 N–H and O–H groups in total. The summed E-state index contributed by atoms with van der Waals surface area (Å²) >= 11 is 6.04. The van der Waals surface area contributed by atoms with Crippen molar-refractivity contribution in [2.24, 2.45) is 0 Å². The van der Waals surface area contributed by atoms with Crippen molar-refractivity contribution in [2.75, 3.05) is 12.3 Å². The number of nitrogens with two attached hydrogens (primary N) is 1. The minimum atomic E-state index is -0.858. The van der Waals surface area contributed by atoms with Gasteiger partial charge in [-0.05, 0) is 42.8 Å². The molecule has 2 aromatic heterocycles. The van der Waals surface area contributed by atoms with Gasteiger partial charge in [0, 0.05) is 30.9 Å². The minimum Gasteiger partial charge on any atom is -0.505 e. The van der Waals surface area contributed by atoms with Gasteiger partial charge in [0.05, 0.1) is 12.3 Å². The molecule has 0 atom stereocenters. The SMILES string of the molecule is CCOc1ccn(-c2ccc(F)c(O)c2)c(=O)c1C(=O)Cc1ccc(Oc2ccnc(N)c2Cl)c(F)c1. The smallest absolute Gasteiger partial charge is 0.269 e. The molecule has 0 bridgehead atoms. The molecule has 0 radical (unpaired) electrons. The van der Waals surface area contributed by atoms with E-state index in [1.807, 2.05) is 0 Å². The van der Waals surface area contributed by atoms with Crippen molar-refractivity contribution in [3.05, 3.63) is 99.1 Å². The zero-order valence-electron chi connectivity index (χ0n) is 19.4. The number of carbonyl (C=O) groups is 1. The number of carbonyl (C=O) groups excluding carboxylic acids is 1. The number of rotatable bonds is 8. The second kappa shape index (κ2) is 10.7. The highest BCUT2D eigenvalue weighted by Gasteiger charge is 2.21. The number of aromatic nitrogens is 2. The Kier molecular flexibility index (Phi) is 7.40. The molecule has 2 aromatic carbocycles. The first-order chi connectivity index (χ1) is 17.7. The molecular weight excluding hydrogens is 508 g/mol. The van der Waals surface area contributed by atoms with Crippen LogP contribution in [0.5, 0.6) is 23.0 Å². The Bertz CT molecular complexity index is 1560. The number of hydrogen-bond donors (Lipinski definition) is 2. The van der Waals surface area contributed by atoms with Crippen LogP contribution in [0.15, 0.2) is 65.7 Å². The van der Waals surface area contributed by atoms with Crippen LogP contribution in [0.4, 0.5) is 14.6 Å². The highest BCUT2D eigenvalue weighted by atomic mass is 35.5. The molecule has 0 aliphatic rings. The first-order valence-electron chi connectivity index (χ1n) is 11.0. The van der Waals surface area contributed by atoms with Crippen LogP contribution in [-0.4, -0.2) is 27.0 Å². The number of ether oxygens (including phenoxy) is 2. The molecule has 0 unspecified atom stereocenters. The van der Waals surface area contributed by atoms with E-state index in [2.05, 4.69) is 4.98 Å². The van der Waals surface area contributed by atoms with Crippen LogP contribution >= 0.6 is 11.6 Å². The van der Waals surface area contributed by atoms with Gasteiger partial charge in [0.1, 0.15) is 22.2 Å². The maximum absolute atomic E-state index is 14.8. The summed E-state index contributed by atoms with van der Waals surface area (Å²) in [5.41, 5.74) is 5.03. The van der Waals surface area contributed by atoms with Gasteiger partial charge in [0.15, 0.2) is 34.7 Å². The first-order valence-corrected chi connectivity index (χ1v) is 11.3. The van der Waals surface area contributed by atoms with E-state index in [1.165, 1.54) is 42.7 Å². The van der Waals surface area contributed by atoms with Crippen molar-refractivity contribution in [1.29, 1.82) is 0 Å². The molecule has 0 aliphatic heterocycles. The number of anilines is 1. The number of ketones is 1. The Morgan fingerprint density at radius 1 is 1.08 bits per heavy atom. The molecule has 2 heterocycles. The Morgan fingerprint density at radius 3 is 2.57 bits per heavy atom. The molecule has 4 rings (SSSR count). The first kappa shape index (κ1) is 25.6. The van der Waals surface area contributed by atoms with Crippen LogP contribution in [0.25, 0.3) is 5.69 Å². The maximum Gasteiger partial charge on any atom is 0.269 e. The second-order valence-electron chi connectivity index (χ2n) is 7.77. The Morgan fingerprint density at radius 2 is 1.86 bits per heavy atom. The number of Topliss-reactive ketones (excluding diaryl/α,β-unsaturated/α-hetero) is 1. The van der Waals surface area contributed by atoms with Crippen molar-refractivity contribution in [1.82, 2.24) is 9.55 Å². The molecular formula is C26H20ClF2N3O5. The van der Waals surface area contributed by atoms with Gasteiger partial charge in [-0.1, -0.05) is 17.7 Å². The van der Waals surface area contributed by atoms with Crippen LogP contribution in [-0.2, 0) is 6.42 Å². The van der Waals surface area contributed by atoms with E-state index < -0.39 is 28.7 Å². The highest BCUT2D eigenvalue weighted by Crippen LogP contribution is 2.33. The van der Waals surface area contributed by atoms with Crippen LogP contribution in [0.1, 0.15) is 22.8 Å². The van der Waals surface area contributed by atoms with E-state index >= 15 is 0 Å². The molecule has 0 aliphatic carbocycles. The summed E-state index contributed by atoms with van der Waals surface area (Å²) < 4.78 is 40.3. The predicted octanol–water partition coefficient (Wildman–Crippen LogP) is 5.07. The van der Waals surface area contributed by atoms with Gasteiger partial charge < -0.3 is 20.3 Å². The number of halogens is 3. The van der Waals surface area contributed by atoms with E-state index in [0.717, 1.165) is 22.8 Å². The summed E-state index contributed by atoms with van der Waals surface area (Å²) in [6.45, 7) is 1.87. The summed E-state index contributed by atoms with van der Waals surface area (Å²) in [6.07, 6.45) is 2.38. The fourth-order valence-electron chi connectivity index (χ4n) is 3.56. The number of phenolic OH excluding ortho intramolecular Hbond substituents is 1. The lowest BCUT2D eigenvalue weighted by Crippen LogP contribution is -2.27. The van der Waals surface area contributed by atoms with Crippen LogP contribution in [0, 0.1) is 11.6 Å². The third-order valence-corrected chi connectivity index (χ3v) is 5.68. The number of nitrogen functional groups attached to an aromatic ring is 1. The molecule has 190 valence electrons. The van der Waals surface area contributed by atoms with Gasteiger partial charge in [0.2, 0.25) is 0 Å². The van der Waals surface area contributed by atoms with Crippen LogP contribution < -0.4 is 20.8 Å². The van der Waals surface area contributed by atoms with Gasteiger partial charge >= 0.3 is 0 Å². The largest absolute Gasteiger partial charge is 0.505 e. The van der Waals surface area contributed by atoms with Crippen molar-refractivity contribution >= 4 is 23.2 Å². The number of aromatic hydroxyl groups is 1. The van der Waals surface area contributed by atoms with Crippen LogP contribution in [0.3, 0.4) is 0 Å². The van der Waals surface area contributed by atoms with E-state index in [1.54, 1.807) is 6.92 Å². The molecule has 0 saturated heterocycles.